The second kappa shape index (κ2) is 9.24. The lowest BCUT2D eigenvalue weighted by Gasteiger charge is -2.13. The molecule has 0 aliphatic carbocycles. The van der Waals surface area contributed by atoms with E-state index in [9.17, 15) is 9.59 Å². The first-order chi connectivity index (χ1) is 14.5. The number of anilines is 2. The lowest BCUT2D eigenvalue weighted by atomic mass is 10.1. The molecule has 2 amide bonds. The van der Waals surface area contributed by atoms with Crippen molar-refractivity contribution in [3.05, 3.63) is 89.5 Å². The van der Waals surface area contributed by atoms with Crippen LogP contribution in [0.2, 0.25) is 0 Å². The van der Waals surface area contributed by atoms with Gasteiger partial charge in [-0.1, -0.05) is 29.4 Å². The number of rotatable bonds is 6. The summed E-state index contributed by atoms with van der Waals surface area (Å²) in [5.41, 5.74) is 7.75. The summed E-state index contributed by atoms with van der Waals surface area (Å²) in [7, 11) is 1.55. The first kappa shape index (κ1) is 20.4. The molecule has 0 fully saturated rings. The van der Waals surface area contributed by atoms with Gasteiger partial charge in [0.05, 0.1) is 18.5 Å². The number of nitrogens with two attached hydrogens (primary N) is 1. The van der Waals surface area contributed by atoms with Gasteiger partial charge in [0.1, 0.15) is 5.75 Å². The van der Waals surface area contributed by atoms with Crippen LogP contribution < -0.4 is 21.1 Å². The second-order valence-electron chi connectivity index (χ2n) is 6.24. The van der Waals surface area contributed by atoms with Crippen LogP contribution in [0.4, 0.5) is 11.4 Å². The van der Waals surface area contributed by atoms with E-state index in [-0.39, 0.29) is 17.6 Å². The molecular formula is C22H20N4O4. The Bertz CT molecular complexity index is 1080. The van der Waals surface area contributed by atoms with Crippen molar-refractivity contribution in [1.29, 1.82) is 0 Å². The van der Waals surface area contributed by atoms with Crippen LogP contribution in [0.5, 0.6) is 5.75 Å². The molecule has 152 valence electrons. The van der Waals surface area contributed by atoms with E-state index in [1.165, 1.54) is 0 Å². The summed E-state index contributed by atoms with van der Waals surface area (Å²) >= 11 is 0. The van der Waals surface area contributed by atoms with Gasteiger partial charge < -0.3 is 26.3 Å². The molecule has 0 aromatic heterocycles. The fourth-order valence-corrected chi connectivity index (χ4v) is 2.68. The van der Waals surface area contributed by atoms with E-state index >= 15 is 0 Å². The smallest absolute Gasteiger partial charge is 0.255 e. The lowest BCUT2D eigenvalue weighted by molar-refractivity contribution is 0.101. The van der Waals surface area contributed by atoms with E-state index in [4.69, 9.17) is 15.7 Å². The van der Waals surface area contributed by atoms with Crippen molar-refractivity contribution in [3.63, 3.8) is 0 Å². The Morgan fingerprint density at radius 3 is 1.67 bits per heavy atom. The highest BCUT2D eigenvalue weighted by atomic mass is 16.5. The van der Waals surface area contributed by atoms with Gasteiger partial charge in [0.15, 0.2) is 5.84 Å². The zero-order valence-corrected chi connectivity index (χ0v) is 16.1. The number of carbonyl (C=O) groups is 2. The topological polar surface area (TPSA) is 126 Å². The number of para-hydroxylation sites is 2. The Kier molecular flexibility index (Phi) is 6.29. The zero-order chi connectivity index (χ0) is 21.5. The van der Waals surface area contributed by atoms with Crippen LogP contribution in [-0.4, -0.2) is 30.0 Å². The third-order valence-electron chi connectivity index (χ3n) is 4.33. The zero-order valence-electron chi connectivity index (χ0n) is 16.1. The van der Waals surface area contributed by atoms with Crippen LogP contribution in [0.15, 0.2) is 78.0 Å². The summed E-state index contributed by atoms with van der Waals surface area (Å²) in [4.78, 5) is 25.1. The fourth-order valence-electron chi connectivity index (χ4n) is 2.68. The maximum atomic E-state index is 12.6. The molecule has 3 rings (SSSR count). The molecule has 3 aromatic rings. The summed E-state index contributed by atoms with van der Waals surface area (Å²) in [6.07, 6.45) is 0. The number of hydrogen-bond donors (Lipinski definition) is 4. The highest BCUT2D eigenvalue weighted by Crippen LogP contribution is 2.23. The molecule has 0 aliphatic rings. The van der Waals surface area contributed by atoms with Gasteiger partial charge in [-0.05, 0) is 48.5 Å². The lowest BCUT2D eigenvalue weighted by Crippen LogP contribution is -2.17. The first-order valence-electron chi connectivity index (χ1n) is 8.95. The maximum absolute atomic E-state index is 12.6. The Labute approximate surface area is 173 Å². The Balaban J connectivity index is 1.74. The van der Waals surface area contributed by atoms with Gasteiger partial charge in [0.25, 0.3) is 11.8 Å². The number of carbonyl (C=O) groups excluding carboxylic acids is 2. The molecule has 0 atom stereocenters. The number of amides is 2. The molecule has 0 radical (unpaired) electrons. The van der Waals surface area contributed by atoms with Crippen molar-refractivity contribution in [3.8, 4) is 5.75 Å². The summed E-state index contributed by atoms with van der Waals surface area (Å²) in [5.74, 6) is -0.0829. The van der Waals surface area contributed by atoms with Crippen molar-refractivity contribution < 1.29 is 19.5 Å². The van der Waals surface area contributed by atoms with Gasteiger partial charge >= 0.3 is 0 Å². The molecule has 0 bridgehead atoms. The van der Waals surface area contributed by atoms with Crippen LogP contribution in [0.3, 0.4) is 0 Å². The average molecular weight is 404 g/mol. The average Bonchev–Trinajstić information content (AvgIpc) is 2.79. The van der Waals surface area contributed by atoms with Crippen molar-refractivity contribution >= 4 is 29.0 Å². The van der Waals surface area contributed by atoms with Crippen molar-refractivity contribution in [2.75, 3.05) is 17.7 Å². The number of hydrogen-bond acceptors (Lipinski definition) is 5. The summed E-state index contributed by atoms with van der Waals surface area (Å²) < 4.78 is 5.09. The first-order valence-corrected chi connectivity index (χ1v) is 8.95. The molecule has 5 N–H and O–H groups in total. The largest absolute Gasteiger partial charge is 0.497 e. The van der Waals surface area contributed by atoms with E-state index in [2.05, 4.69) is 15.8 Å². The second-order valence-corrected chi connectivity index (χ2v) is 6.24. The molecule has 8 nitrogen and oxygen atoms in total. The number of oxime groups is 1. The minimum atomic E-state index is -0.368. The third-order valence-corrected chi connectivity index (χ3v) is 4.33. The van der Waals surface area contributed by atoms with Gasteiger partial charge in [-0.2, -0.15) is 0 Å². The van der Waals surface area contributed by atoms with E-state index in [0.717, 1.165) is 0 Å². The molecule has 8 heteroatoms. The number of ether oxygens (including phenoxy) is 1. The number of methoxy groups -OCH3 is 1. The Morgan fingerprint density at radius 2 is 1.23 bits per heavy atom. The summed E-state index contributed by atoms with van der Waals surface area (Å²) in [6.45, 7) is 0. The summed E-state index contributed by atoms with van der Waals surface area (Å²) in [5, 5.41) is 17.2. The molecule has 0 spiro atoms. The Hall–Kier alpha value is -4.33. The molecule has 3 aromatic carbocycles. The van der Waals surface area contributed by atoms with Crippen LogP contribution in [0, 0.1) is 0 Å². The molecule has 0 saturated heterocycles. The maximum Gasteiger partial charge on any atom is 0.255 e. The third kappa shape index (κ3) is 4.74. The normalized spacial score (nSPS) is 10.9. The van der Waals surface area contributed by atoms with E-state index < -0.39 is 0 Å². The summed E-state index contributed by atoms with van der Waals surface area (Å²) in [6, 6.07) is 19.8. The van der Waals surface area contributed by atoms with E-state index in [0.29, 0.717) is 33.8 Å². The highest BCUT2D eigenvalue weighted by Gasteiger charge is 2.13. The SMILES string of the molecule is COc1ccc(C(=O)Nc2ccccc2NC(=O)c2ccc(/C(N)=N/O)cc2)cc1. The minimum absolute atomic E-state index is 0.0476. The molecule has 30 heavy (non-hydrogen) atoms. The van der Waals surface area contributed by atoms with E-state index in [1.54, 1.807) is 79.9 Å². The predicted octanol–water partition coefficient (Wildman–Crippen LogP) is 3.29. The van der Waals surface area contributed by atoms with Crippen LogP contribution in [-0.2, 0) is 0 Å². The minimum Gasteiger partial charge on any atom is -0.497 e. The van der Waals surface area contributed by atoms with Crippen molar-refractivity contribution in [2.24, 2.45) is 10.9 Å². The van der Waals surface area contributed by atoms with Crippen molar-refractivity contribution in [2.45, 2.75) is 0 Å². The molecule has 0 heterocycles. The number of nitrogens with zero attached hydrogens (tertiary/aromatic N) is 1. The monoisotopic (exact) mass is 404 g/mol. The van der Waals surface area contributed by atoms with Gasteiger partial charge in [0.2, 0.25) is 0 Å². The molecule has 0 saturated carbocycles. The molecular weight excluding hydrogens is 384 g/mol. The predicted molar refractivity (Wildman–Crippen MR) is 114 cm³/mol. The number of amidine groups is 1. The standard InChI is InChI=1S/C22H20N4O4/c1-30-17-12-10-16(11-13-17)22(28)25-19-5-3-2-4-18(19)24-21(27)15-8-6-14(7-9-15)20(23)26-29/h2-13,29H,1H3,(H2,23,26)(H,24,27)(H,25,28). The number of nitrogens with one attached hydrogen (secondary N) is 2. The Morgan fingerprint density at radius 1 is 0.800 bits per heavy atom. The van der Waals surface area contributed by atoms with Crippen LogP contribution >= 0.6 is 0 Å². The van der Waals surface area contributed by atoms with Gasteiger partial charge in [-0.25, -0.2) is 0 Å². The number of benzene rings is 3. The highest BCUT2D eigenvalue weighted by molar-refractivity contribution is 6.10. The van der Waals surface area contributed by atoms with Gasteiger partial charge in [0, 0.05) is 16.7 Å². The van der Waals surface area contributed by atoms with Crippen molar-refractivity contribution in [1.82, 2.24) is 0 Å². The quantitative estimate of drug-likeness (QED) is 0.217. The van der Waals surface area contributed by atoms with Gasteiger partial charge in [-0.3, -0.25) is 9.59 Å². The van der Waals surface area contributed by atoms with Gasteiger partial charge in [-0.15, -0.1) is 0 Å². The fraction of sp³-hybridized carbons (Fsp3) is 0.0455. The van der Waals surface area contributed by atoms with Crippen LogP contribution in [0.1, 0.15) is 26.3 Å². The molecule has 0 unspecified atom stereocenters. The van der Waals surface area contributed by atoms with Crippen LogP contribution in [0.25, 0.3) is 0 Å². The molecule has 0 aliphatic heterocycles. The van der Waals surface area contributed by atoms with E-state index in [1.807, 2.05) is 0 Å².